The molecule has 3 nitrogen and oxygen atoms in total. The third-order valence-corrected chi connectivity index (χ3v) is 2.62. The molecule has 2 aromatic rings. The molecule has 1 aromatic carbocycles. The summed E-state index contributed by atoms with van der Waals surface area (Å²) in [6, 6.07) is 7.86. The van der Waals surface area contributed by atoms with E-state index in [1.54, 1.807) is 38.2 Å². The van der Waals surface area contributed by atoms with Gasteiger partial charge in [-0.25, -0.2) is 4.39 Å². The number of halogens is 1. The van der Waals surface area contributed by atoms with Gasteiger partial charge in [0.1, 0.15) is 5.75 Å². The Morgan fingerprint density at radius 3 is 2.67 bits per heavy atom. The lowest BCUT2D eigenvalue weighted by Crippen LogP contribution is -1.96. The van der Waals surface area contributed by atoms with E-state index < -0.39 is 11.9 Å². The Balaban J connectivity index is 2.28. The Kier molecular flexibility index (Phi) is 3.58. The monoisotopic (exact) mass is 247 g/mol. The van der Waals surface area contributed by atoms with Crippen molar-refractivity contribution >= 4 is 0 Å². The highest BCUT2D eigenvalue weighted by molar-refractivity contribution is 5.36. The first kappa shape index (κ1) is 12.5. The molecule has 0 spiro atoms. The van der Waals surface area contributed by atoms with Gasteiger partial charge in [0.25, 0.3) is 0 Å². The number of nitrogens with zero attached hydrogens (tertiary/aromatic N) is 1. The van der Waals surface area contributed by atoms with E-state index in [-0.39, 0.29) is 5.75 Å². The van der Waals surface area contributed by atoms with Gasteiger partial charge in [0.15, 0.2) is 11.6 Å². The lowest BCUT2D eigenvalue weighted by molar-refractivity contribution is 0.198. The van der Waals surface area contributed by atoms with E-state index in [9.17, 15) is 9.50 Å². The van der Waals surface area contributed by atoms with Crippen LogP contribution in [0, 0.1) is 12.7 Å². The summed E-state index contributed by atoms with van der Waals surface area (Å²) in [5.74, 6) is 0.133. The Hall–Kier alpha value is -1.94. The first-order chi connectivity index (χ1) is 8.58. The van der Waals surface area contributed by atoms with Crippen LogP contribution in [0.4, 0.5) is 4.39 Å². The van der Waals surface area contributed by atoms with Crippen molar-refractivity contribution in [2.75, 3.05) is 0 Å². The molecule has 2 rings (SSSR count). The highest BCUT2D eigenvalue weighted by Crippen LogP contribution is 2.27. The Bertz CT molecular complexity index is 555. The van der Waals surface area contributed by atoms with Gasteiger partial charge in [0.05, 0.1) is 11.8 Å². The summed E-state index contributed by atoms with van der Waals surface area (Å²) in [4.78, 5) is 4.06. The van der Waals surface area contributed by atoms with Crippen LogP contribution in [0.2, 0.25) is 0 Å². The van der Waals surface area contributed by atoms with Gasteiger partial charge in [-0.3, -0.25) is 4.98 Å². The van der Waals surface area contributed by atoms with Crippen LogP contribution in [0.15, 0.2) is 36.5 Å². The van der Waals surface area contributed by atoms with Crippen LogP contribution < -0.4 is 4.74 Å². The minimum absolute atomic E-state index is 0.121. The summed E-state index contributed by atoms with van der Waals surface area (Å²) in [6.45, 7) is 3.37. The van der Waals surface area contributed by atoms with Crippen molar-refractivity contribution in [3.8, 4) is 11.5 Å². The lowest BCUT2D eigenvalue weighted by Gasteiger charge is -2.10. The van der Waals surface area contributed by atoms with E-state index in [0.29, 0.717) is 17.0 Å². The fraction of sp³-hybridized carbons (Fsp3) is 0.214. The van der Waals surface area contributed by atoms with E-state index in [1.165, 1.54) is 12.1 Å². The Morgan fingerprint density at radius 1 is 1.28 bits per heavy atom. The predicted octanol–water partition coefficient (Wildman–Crippen LogP) is 3.37. The molecule has 0 unspecified atom stereocenters. The van der Waals surface area contributed by atoms with Gasteiger partial charge in [0.2, 0.25) is 0 Å². The summed E-state index contributed by atoms with van der Waals surface area (Å²) >= 11 is 0. The molecule has 1 atom stereocenters. The normalized spacial score (nSPS) is 12.2. The quantitative estimate of drug-likeness (QED) is 0.904. The van der Waals surface area contributed by atoms with Gasteiger partial charge >= 0.3 is 0 Å². The molecule has 0 aliphatic heterocycles. The van der Waals surface area contributed by atoms with Crippen LogP contribution in [0.25, 0.3) is 0 Å². The maximum atomic E-state index is 13.8. The molecule has 1 heterocycles. The molecule has 94 valence electrons. The first-order valence-electron chi connectivity index (χ1n) is 5.65. The average Bonchev–Trinajstić information content (AvgIpc) is 2.34. The van der Waals surface area contributed by atoms with Crippen LogP contribution in [0.1, 0.15) is 24.3 Å². The standard InChI is InChI=1S/C14H14FNO2/c1-9-13(4-3-7-16-9)18-14-6-5-11(10(2)17)8-12(14)15/h3-8,10,17H,1-2H3/t10-/m1/s1. The van der Waals surface area contributed by atoms with Crippen LogP contribution in [0.3, 0.4) is 0 Å². The molecular weight excluding hydrogens is 233 g/mol. The minimum Gasteiger partial charge on any atom is -0.452 e. The molecule has 0 aliphatic carbocycles. The van der Waals surface area contributed by atoms with Crippen molar-refractivity contribution in [1.82, 2.24) is 4.98 Å². The zero-order valence-corrected chi connectivity index (χ0v) is 10.2. The second-order valence-corrected chi connectivity index (χ2v) is 4.05. The maximum Gasteiger partial charge on any atom is 0.166 e. The third-order valence-electron chi connectivity index (χ3n) is 2.62. The largest absolute Gasteiger partial charge is 0.452 e. The second kappa shape index (κ2) is 5.14. The highest BCUT2D eigenvalue weighted by atomic mass is 19.1. The van der Waals surface area contributed by atoms with Crippen molar-refractivity contribution in [3.63, 3.8) is 0 Å². The van der Waals surface area contributed by atoms with E-state index >= 15 is 0 Å². The number of aromatic nitrogens is 1. The zero-order valence-electron chi connectivity index (χ0n) is 10.2. The Labute approximate surface area is 105 Å². The van der Waals surface area contributed by atoms with Crippen LogP contribution in [-0.4, -0.2) is 10.1 Å². The molecular formula is C14H14FNO2. The number of aliphatic hydroxyl groups excluding tert-OH is 1. The van der Waals surface area contributed by atoms with Crippen molar-refractivity contribution < 1.29 is 14.2 Å². The van der Waals surface area contributed by atoms with Crippen LogP contribution in [0.5, 0.6) is 11.5 Å². The molecule has 0 bridgehead atoms. The van der Waals surface area contributed by atoms with E-state index in [0.717, 1.165) is 0 Å². The third kappa shape index (κ3) is 2.65. The van der Waals surface area contributed by atoms with Crippen molar-refractivity contribution in [2.45, 2.75) is 20.0 Å². The average molecular weight is 247 g/mol. The Morgan fingerprint density at radius 2 is 2.06 bits per heavy atom. The van der Waals surface area contributed by atoms with Gasteiger partial charge < -0.3 is 9.84 Å². The van der Waals surface area contributed by atoms with E-state index in [2.05, 4.69) is 4.98 Å². The summed E-state index contributed by atoms with van der Waals surface area (Å²) in [5, 5.41) is 9.36. The van der Waals surface area contributed by atoms with Gasteiger partial charge in [-0.1, -0.05) is 6.07 Å². The number of ether oxygens (including phenoxy) is 1. The van der Waals surface area contributed by atoms with Gasteiger partial charge in [-0.05, 0) is 43.7 Å². The molecule has 1 N–H and O–H groups in total. The van der Waals surface area contributed by atoms with Gasteiger partial charge in [0, 0.05) is 6.20 Å². The first-order valence-corrected chi connectivity index (χ1v) is 5.65. The van der Waals surface area contributed by atoms with Crippen LogP contribution >= 0.6 is 0 Å². The molecule has 1 aromatic heterocycles. The van der Waals surface area contributed by atoms with Crippen molar-refractivity contribution in [3.05, 3.63) is 53.6 Å². The number of hydrogen-bond donors (Lipinski definition) is 1. The van der Waals surface area contributed by atoms with E-state index in [1.807, 2.05) is 0 Å². The predicted molar refractivity (Wildman–Crippen MR) is 66.1 cm³/mol. The molecule has 0 saturated carbocycles. The molecule has 0 fully saturated rings. The molecule has 0 radical (unpaired) electrons. The number of benzene rings is 1. The fourth-order valence-electron chi connectivity index (χ4n) is 1.56. The number of hydrogen-bond acceptors (Lipinski definition) is 3. The highest BCUT2D eigenvalue weighted by Gasteiger charge is 2.10. The molecule has 0 aliphatic rings. The van der Waals surface area contributed by atoms with Crippen molar-refractivity contribution in [2.24, 2.45) is 0 Å². The summed E-state index contributed by atoms with van der Waals surface area (Å²) in [7, 11) is 0. The lowest BCUT2D eigenvalue weighted by atomic mass is 10.1. The minimum atomic E-state index is -0.700. The molecule has 18 heavy (non-hydrogen) atoms. The van der Waals surface area contributed by atoms with Gasteiger partial charge in [-0.2, -0.15) is 0 Å². The number of rotatable bonds is 3. The number of aliphatic hydroxyl groups is 1. The smallest absolute Gasteiger partial charge is 0.166 e. The molecule has 0 amide bonds. The summed E-state index contributed by atoms with van der Waals surface area (Å²) in [5.41, 5.74) is 1.21. The number of pyridine rings is 1. The molecule has 0 saturated heterocycles. The fourth-order valence-corrected chi connectivity index (χ4v) is 1.56. The second-order valence-electron chi connectivity index (χ2n) is 4.05. The van der Waals surface area contributed by atoms with Gasteiger partial charge in [-0.15, -0.1) is 0 Å². The number of aryl methyl sites for hydroxylation is 1. The SMILES string of the molecule is Cc1ncccc1Oc1ccc([C@@H](C)O)cc1F. The van der Waals surface area contributed by atoms with Crippen LogP contribution in [-0.2, 0) is 0 Å². The summed E-state index contributed by atoms with van der Waals surface area (Å²) < 4.78 is 19.2. The van der Waals surface area contributed by atoms with E-state index in [4.69, 9.17) is 4.74 Å². The maximum absolute atomic E-state index is 13.8. The zero-order chi connectivity index (χ0) is 13.1. The van der Waals surface area contributed by atoms with Crippen molar-refractivity contribution in [1.29, 1.82) is 0 Å². The summed E-state index contributed by atoms with van der Waals surface area (Å²) in [6.07, 6.45) is 0.948. The topological polar surface area (TPSA) is 42.4 Å². The molecule has 4 heteroatoms.